The molecule has 5 nitrogen and oxygen atoms in total. The molecule has 6 heteroatoms. The summed E-state index contributed by atoms with van der Waals surface area (Å²) in [6.07, 6.45) is 2.06. The van der Waals surface area contributed by atoms with E-state index in [0.29, 0.717) is 12.2 Å². The Hall–Kier alpha value is -1.53. The van der Waals surface area contributed by atoms with Crippen LogP contribution in [0, 0.1) is 5.41 Å². The van der Waals surface area contributed by atoms with E-state index >= 15 is 0 Å². The molecule has 126 valence electrons. The smallest absolute Gasteiger partial charge is 0.330 e. The summed E-state index contributed by atoms with van der Waals surface area (Å²) in [6.45, 7) is 6.04. The molecule has 1 aliphatic rings. The van der Waals surface area contributed by atoms with E-state index in [1.807, 2.05) is 39.2 Å². The molecule has 2 N–H and O–H groups in total. The van der Waals surface area contributed by atoms with Gasteiger partial charge in [0.25, 0.3) is 5.91 Å². The van der Waals surface area contributed by atoms with Crippen LogP contribution >= 0.6 is 11.8 Å². The first kappa shape index (κ1) is 17.8. The molecule has 2 rings (SSSR count). The Bertz CT molecular complexity index is 599. The van der Waals surface area contributed by atoms with Gasteiger partial charge >= 0.3 is 5.97 Å². The van der Waals surface area contributed by atoms with Crippen molar-refractivity contribution in [2.24, 2.45) is 5.41 Å². The highest BCUT2D eigenvalue weighted by molar-refractivity contribution is 7.98. The van der Waals surface area contributed by atoms with Gasteiger partial charge in [0, 0.05) is 28.9 Å². The van der Waals surface area contributed by atoms with Gasteiger partial charge in [0.1, 0.15) is 5.54 Å². The topological polar surface area (TPSA) is 75.6 Å². The number of hydrogen-bond acceptors (Lipinski definition) is 4. The highest BCUT2D eigenvalue weighted by atomic mass is 32.2. The van der Waals surface area contributed by atoms with Crippen LogP contribution in [0.25, 0.3) is 0 Å². The van der Waals surface area contributed by atoms with Crippen molar-refractivity contribution in [2.45, 2.75) is 43.7 Å². The summed E-state index contributed by atoms with van der Waals surface area (Å²) in [5.74, 6) is -1.39. The highest BCUT2D eigenvalue weighted by Gasteiger charge is 2.66. The lowest BCUT2D eigenvalue weighted by molar-refractivity contribution is -0.190. The first-order valence-corrected chi connectivity index (χ1v) is 8.82. The number of rotatable bonds is 6. The number of aliphatic carboxylic acids is 1. The number of thioether (sulfide) groups is 1. The summed E-state index contributed by atoms with van der Waals surface area (Å²) in [7, 11) is 0. The maximum Gasteiger partial charge on any atom is 0.330 e. The molecule has 0 spiro atoms. The lowest BCUT2D eigenvalue weighted by Gasteiger charge is -2.58. The molecule has 1 aromatic carbocycles. The molecular weight excluding hydrogens is 314 g/mol. The second-order valence-corrected chi connectivity index (χ2v) is 7.14. The van der Waals surface area contributed by atoms with E-state index in [1.165, 1.54) is 0 Å². The minimum atomic E-state index is -1.30. The standard InChI is InChI=1S/C17H23NO4S/c1-5-22-13-10-17(15(20)21,16(13,2)3)18-14(19)11-6-8-12(23-4)9-7-11/h6-9,13H,5,10H2,1-4H3,(H,18,19)(H,20,21). The van der Waals surface area contributed by atoms with Crippen LogP contribution < -0.4 is 5.32 Å². The zero-order valence-corrected chi connectivity index (χ0v) is 14.7. The Kier molecular flexibility index (Phi) is 5.06. The van der Waals surface area contributed by atoms with Gasteiger partial charge in [0.15, 0.2) is 0 Å². The molecule has 1 amide bonds. The molecule has 1 aliphatic carbocycles. The SMILES string of the molecule is CCOC1CC(NC(=O)c2ccc(SC)cc2)(C(=O)O)C1(C)C. The third-order valence-corrected chi connectivity index (χ3v) is 5.55. The summed E-state index contributed by atoms with van der Waals surface area (Å²) in [5.41, 5.74) is -1.52. The van der Waals surface area contributed by atoms with Crippen LogP contribution in [0.3, 0.4) is 0 Å². The zero-order valence-electron chi connectivity index (χ0n) is 13.9. The molecule has 0 bridgehead atoms. The van der Waals surface area contributed by atoms with Crippen molar-refractivity contribution in [1.29, 1.82) is 0 Å². The molecule has 23 heavy (non-hydrogen) atoms. The first-order chi connectivity index (χ1) is 10.8. The van der Waals surface area contributed by atoms with Crippen LogP contribution in [0.1, 0.15) is 37.6 Å². The number of carboxylic acids is 1. The number of carbonyl (C=O) groups excluding carboxylic acids is 1. The van der Waals surface area contributed by atoms with E-state index in [4.69, 9.17) is 4.74 Å². The van der Waals surface area contributed by atoms with Crippen LogP contribution in [0.5, 0.6) is 0 Å². The van der Waals surface area contributed by atoms with Gasteiger partial charge in [-0.2, -0.15) is 0 Å². The molecule has 0 aromatic heterocycles. The fourth-order valence-electron chi connectivity index (χ4n) is 3.05. The fourth-order valence-corrected chi connectivity index (χ4v) is 3.45. The molecule has 1 aromatic rings. The monoisotopic (exact) mass is 337 g/mol. The van der Waals surface area contributed by atoms with Crippen molar-refractivity contribution in [2.75, 3.05) is 12.9 Å². The predicted octanol–water partition coefficient (Wildman–Crippen LogP) is 2.80. The average molecular weight is 337 g/mol. The Labute approximate surface area is 140 Å². The van der Waals surface area contributed by atoms with Crippen molar-refractivity contribution in [3.63, 3.8) is 0 Å². The van der Waals surface area contributed by atoms with Crippen LogP contribution in [-0.2, 0) is 9.53 Å². The second-order valence-electron chi connectivity index (χ2n) is 6.26. The Morgan fingerprint density at radius 2 is 1.96 bits per heavy atom. The number of hydrogen-bond donors (Lipinski definition) is 2. The Morgan fingerprint density at radius 3 is 2.39 bits per heavy atom. The summed E-state index contributed by atoms with van der Waals surface area (Å²) >= 11 is 1.59. The first-order valence-electron chi connectivity index (χ1n) is 7.60. The predicted molar refractivity (Wildman–Crippen MR) is 89.9 cm³/mol. The van der Waals surface area contributed by atoms with Gasteiger partial charge in [0.2, 0.25) is 0 Å². The minimum Gasteiger partial charge on any atom is -0.479 e. The molecular formula is C17H23NO4S. The second kappa shape index (κ2) is 6.53. The van der Waals surface area contributed by atoms with Gasteiger partial charge in [-0.05, 0) is 37.4 Å². The molecule has 0 radical (unpaired) electrons. The van der Waals surface area contributed by atoms with Gasteiger partial charge in [-0.3, -0.25) is 4.79 Å². The quantitative estimate of drug-likeness (QED) is 0.781. The summed E-state index contributed by atoms with van der Waals surface area (Å²) < 4.78 is 5.60. The number of amides is 1. The summed E-state index contributed by atoms with van der Waals surface area (Å²) in [6, 6.07) is 7.12. The van der Waals surface area contributed by atoms with Crippen LogP contribution in [-0.4, -0.2) is 41.5 Å². The number of carbonyl (C=O) groups is 2. The lowest BCUT2D eigenvalue weighted by Crippen LogP contribution is -2.76. The van der Waals surface area contributed by atoms with Gasteiger partial charge in [-0.25, -0.2) is 4.79 Å². The van der Waals surface area contributed by atoms with Crippen molar-refractivity contribution in [1.82, 2.24) is 5.32 Å². The molecule has 2 atom stereocenters. The maximum atomic E-state index is 12.5. The lowest BCUT2D eigenvalue weighted by atomic mass is 9.54. The van der Waals surface area contributed by atoms with E-state index in [-0.39, 0.29) is 18.4 Å². The van der Waals surface area contributed by atoms with Gasteiger partial charge in [-0.1, -0.05) is 13.8 Å². The van der Waals surface area contributed by atoms with Gasteiger partial charge in [0.05, 0.1) is 6.10 Å². The van der Waals surface area contributed by atoms with E-state index < -0.39 is 16.9 Å². The number of ether oxygens (including phenoxy) is 1. The highest BCUT2D eigenvalue weighted by Crippen LogP contribution is 2.51. The van der Waals surface area contributed by atoms with Crippen molar-refractivity contribution in [3.05, 3.63) is 29.8 Å². The molecule has 0 heterocycles. The van der Waals surface area contributed by atoms with Crippen molar-refractivity contribution >= 4 is 23.6 Å². The molecule has 0 saturated heterocycles. The van der Waals surface area contributed by atoms with Crippen molar-refractivity contribution < 1.29 is 19.4 Å². The van der Waals surface area contributed by atoms with Gasteiger partial charge in [-0.15, -0.1) is 11.8 Å². The third kappa shape index (κ3) is 2.97. The number of benzene rings is 1. The molecule has 1 saturated carbocycles. The number of nitrogens with one attached hydrogen (secondary N) is 1. The molecule has 0 aliphatic heterocycles. The van der Waals surface area contributed by atoms with E-state index in [0.717, 1.165) is 4.90 Å². The normalized spacial score (nSPS) is 25.5. The third-order valence-electron chi connectivity index (χ3n) is 4.81. The summed E-state index contributed by atoms with van der Waals surface area (Å²) in [5, 5.41) is 12.4. The average Bonchev–Trinajstić information content (AvgIpc) is 2.53. The molecule has 2 unspecified atom stereocenters. The van der Waals surface area contributed by atoms with Crippen LogP contribution in [0.2, 0.25) is 0 Å². The van der Waals surface area contributed by atoms with Crippen LogP contribution in [0.4, 0.5) is 0 Å². The van der Waals surface area contributed by atoms with Gasteiger partial charge < -0.3 is 15.2 Å². The largest absolute Gasteiger partial charge is 0.479 e. The van der Waals surface area contributed by atoms with Crippen LogP contribution in [0.15, 0.2) is 29.2 Å². The number of carboxylic acid groups (broad SMARTS) is 1. The van der Waals surface area contributed by atoms with Crippen molar-refractivity contribution in [3.8, 4) is 0 Å². The molecule has 1 fully saturated rings. The minimum absolute atomic E-state index is 0.178. The Morgan fingerprint density at radius 1 is 1.35 bits per heavy atom. The summed E-state index contributed by atoms with van der Waals surface area (Å²) in [4.78, 5) is 25.4. The fraction of sp³-hybridized carbons (Fsp3) is 0.529. The van der Waals surface area contributed by atoms with E-state index in [2.05, 4.69) is 5.32 Å². The zero-order chi connectivity index (χ0) is 17.3. The van der Waals surface area contributed by atoms with E-state index in [1.54, 1.807) is 23.9 Å². The van der Waals surface area contributed by atoms with E-state index in [9.17, 15) is 14.7 Å². The Balaban J connectivity index is 2.20. The maximum absolute atomic E-state index is 12.5.